The summed E-state index contributed by atoms with van der Waals surface area (Å²) in [7, 11) is 0. The number of aromatic amines is 2. The van der Waals surface area contributed by atoms with Crippen molar-refractivity contribution in [3.63, 3.8) is 0 Å². The molecular formula is C31H28N8O2. The summed E-state index contributed by atoms with van der Waals surface area (Å²) < 4.78 is 3.53. The topological polar surface area (TPSA) is 127 Å². The number of nitrogens with zero attached hydrogens (tertiary/aromatic N) is 6. The molecule has 1 aliphatic rings. The second-order valence-electron chi connectivity index (χ2n) is 10.5. The van der Waals surface area contributed by atoms with Crippen molar-refractivity contribution in [1.82, 2.24) is 39.7 Å². The summed E-state index contributed by atoms with van der Waals surface area (Å²) in [5, 5.41) is 14.4. The minimum Gasteiger partial charge on any atom is -0.317 e. The lowest BCUT2D eigenvalue weighted by atomic mass is 9.88. The molecule has 0 unspecified atom stereocenters. The fourth-order valence-corrected chi connectivity index (χ4v) is 5.98. The van der Waals surface area contributed by atoms with Crippen molar-refractivity contribution < 1.29 is 0 Å². The largest absolute Gasteiger partial charge is 0.334 e. The van der Waals surface area contributed by atoms with Crippen molar-refractivity contribution in [3.05, 3.63) is 111 Å². The number of hydrogen-bond donors (Lipinski definition) is 2. The van der Waals surface area contributed by atoms with E-state index < -0.39 is 11.2 Å². The molecule has 0 spiro atoms. The molecule has 3 heterocycles. The van der Waals surface area contributed by atoms with E-state index >= 15 is 0 Å². The maximum Gasteiger partial charge on any atom is 0.334 e. The molecule has 3 aromatic carbocycles. The number of imidazole rings is 1. The van der Waals surface area contributed by atoms with E-state index in [4.69, 9.17) is 4.98 Å². The van der Waals surface area contributed by atoms with Gasteiger partial charge in [-0.3, -0.25) is 9.78 Å². The molecule has 41 heavy (non-hydrogen) atoms. The summed E-state index contributed by atoms with van der Waals surface area (Å²) in [5.74, 6) is 1.71. The van der Waals surface area contributed by atoms with Crippen molar-refractivity contribution in [2.24, 2.45) is 0 Å². The van der Waals surface area contributed by atoms with E-state index in [-0.39, 0.29) is 5.92 Å². The van der Waals surface area contributed by atoms with E-state index in [1.165, 1.54) is 11.0 Å². The van der Waals surface area contributed by atoms with Crippen LogP contribution in [0, 0.1) is 0 Å². The Morgan fingerprint density at radius 3 is 2.29 bits per heavy atom. The lowest BCUT2D eigenvalue weighted by molar-refractivity contribution is 0.420. The zero-order chi connectivity index (χ0) is 27.8. The number of tetrazole rings is 1. The summed E-state index contributed by atoms with van der Waals surface area (Å²) >= 11 is 0. The predicted molar refractivity (Wildman–Crippen MR) is 156 cm³/mol. The van der Waals surface area contributed by atoms with Gasteiger partial charge in [0.25, 0.3) is 5.56 Å². The molecule has 0 bridgehead atoms. The summed E-state index contributed by atoms with van der Waals surface area (Å²) in [5.41, 5.74) is 4.56. The van der Waals surface area contributed by atoms with Crippen LogP contribution in [0.2, 0.25) is 0 Å². The highest BCUT2D eigenvalue weighted by Crippen LogP contribution is 2.34. The number of rotatable bonds is 6. The molecule has 0 saturated heterocycles. The molecule has 204 valence electrons. The van der Waals surface area contributed by atoms with Crippen molar-refractivity contribution in [1.29, 1.82) is 0 Å². The first-order valence-electron chi connectivity index (χ1n) is 13.9. The van der Waals surface area contributed by atoms with Gasteiger partial charge in [0, 0.05) is 18.0 Å². The Morgan fingerprint density at radius 1 is 0.829 bits per heavy atom. The third-order valence-corrected chi connectivity index (χ3v) is 7.95. The van der Waals surface area contributed by atoms with E-state index in [1.807, 2.05) is 59.2 Å². The van der Waals surface area contributed by atoms with Crippen LogP contribution in [0.4, 0.5) is 0 Å². The summed E-state index contributed by atoms with van der Waals surface area (Å²) in [4.78, 5) is 33.9. The van der Waals surface area contributed by atoms with Crippen LogP contribution in [0.25, 0.3) is 39.4 Å². The van der Waals surface area contributed by atoms with Gasteiger partial charge in [0.15, 0.2) is 17.0 Å². The maximum absolute atomic E-state index is 13.3. The van der Waals surface area contributed by atoms with Crippen molar-refractivity contribution in [2.45, 2.75) is 44.6 Å². The average Bonchev–Trinajstić information content (AvgIpc) is 3.68. The van der Waals surface area contributed by atoms with Crippen LogP contribution in [0.15, 0.2) is 88.5 Å². The minimum atomic E-state index is -0.487. The molecule has 10 nitrogen and oxygen atoms in total. The zero-order valence-corrected chi connectivity index (χ0v) is 22.3. The van der Waals surface area contributed by atoms with Crippen LogP contribution in [0.5, 0.6) is 0 Å². The van der Waals surface area contributed by atoms with Gasteiger partial charge in [0.05, 0.1) is 5.69 Å². The number of nitrogens with one attached hydrogen (secondary N) is 2. The zero-order valence-electron chi connectivity index (χ0n) is 22.3. The normalized spacial score (nSPS) is 14.0. The molecule has 6 aromatic rings. The van der Waals surface area contributed by atoms with Crippen LogP contribution in [-0.2, 0) is 6.54 Å². The quantitative estimate of drug-likeness (QED) is 0.310. The first-order chi connectivity index (χ1) is 20.2. The third-order valence-electron chi connectivity index (χ3n) is 7.95. The maximum atomic E-state index is 13.3. The van der Waals surface area contributed by atoms with Crippen molar-refractivity contribution in [2.75, 3.05) is 0 Å². The number of para-hydroxylation sites is 1. The van der Waals surface area contributed by atoms with Gasteiger partial charge in [0.1, 0.15) is 5.82 Å². The highest BCUT2D eigenvalue weighted by atomic mass is 16.2. The smallest absolute Gasteiger partial charge is 0.317 e. The standard InChI is InChI=1S/C31H28N8O2/c40-30-26-29(39(31(41)33-30)23-11-5-2-6-12-23)32-28(22-9-3-1-4-10-22)38(26)19-20-15-17-21(18-16-20)24-13-7-8-14-25(24)27-34-36-37-35-27/h2,5-8,11-18,22H,1,3-4,9-10,19H2,(H,33,40,41)(H,34,35,36,37). The van der Waals surface area contributed by atoms with Gasteiger partial charge >= 0.3 is 5.69 Å². The second-order valence-corrected chi connectivity index (χ2v) is 10.5. The monoisotopic (exact) mass is 544 g/mol. The fraction of sp³-hybridized carbons (Fsp3) is 0.226. The van der Waals surface area contributed by atoms with Crippen LogP contribution in [0.1, 0.15) is 49.4 Å². The average molecular weight is 545 g/mol. The molecule has 0 aliphatic heterocycles. The van der Waals surface area contributed by atoms with Gasteiger partial charge in [-0.25, -0.2) is 19.4 Å². The molecule has 0 amide bonds. The van der Waals surface area contributed by atoms with Gasteiger partial charge in [-0.15, -0.1) is 5.10 Å². The second kappa shape index (κ2) is 10.5. The number of hydrogen-bond acceptors (Lipinski definition) is 6. The van der Waals surface area contributed by atoms with E-state index in [1.54, 1.807) is 0 Å². The first-order valence-corrected chi connectivity index (χ1v) is 13.9. The molecule has 0 radical (unpaired) electrons. The SMILES string of the molecule is O=c1[nH]c(=O)n(-c2ccccc2)c2nc(C3CCCCC3)n(Cc3ccc(-c4ccccc4-c4nnn[nH]4)cc3)c12. The fourth-order valence-electron chi connectivity index (χ4n) is 5.98. The minimum absolute atomic E-state index is 0.233. The Labute approximate surface area is 234 Å². The van der Waals surface area contributed by atoms with Gasteiger partial charge in [-0.2, -0.15) is 0 Å². The third kappa shape index (κ3) is 4.57. The Balaban J connectivity index is 1.33. The Hall–Kier alpha value is -5.12. The molecule has 3 aromatic heterocycles. The van der Waals surface area contributed by atoms with Crippen LogP contribution < -0.4 is 11.2 Å². The number of benzene rings is 3. The summed E-state index contributed by atoms with van der Waals surface area (Å²) in [6, 6.07) is 25.6. The van der Waals surface area contributed by atoms with Gasteiger partial charge in [0.2, 0.25) is 0 Å². The molecule has 0 atom stereocenters. The number of aromatic nitrogens is 8. The van der Waals surface area contributed by atoms with E-state index in [0.29, 0.717) is 29.2 Å². The Kier molecular flexibility index (Phi) is 6.35. The lowest BCUT2D eigenvalue weighted by Gasteiger charge is -2.22. The highest BCUT2D eigenvalue weighted by Gasteiger charge is 2.26. The molecule has 10 heteroatoms. The van der Waals surface area contributed by atoms with Gasteiger partial charge in [-0.1, -0.05) is 86.0 Å². The van der Waals surface area contributed by atoms with Gasteiger partial charge < -0.3 is 4.57 Å². The molecule has 1 aliphatic carbocycles. The van der Waals surface area contributed by atoms with E-state index in [2.05, 4.69) is 49.9 Å². The highest BCUT2D eigenvalue weighted by molar-refractivity contribution is 5.80. The summed E-state index contributed by atoms with van der Waals surface area (Å²) in [6.45, 7) is 0.465. The van der Waals surface area contributed by atoms with Crippen LogP contribution >= 0.6 is 0 Å². The van der Waals surface area contributed by atoms with E-state index in [0.717, 1.165) is 53.8 Å². The molecular weight excluding hydrogens is 516 g/mol. The van der Waals surface area contributed by atoms with Crippen LogP contribution in [-0.4, -0.2) is 39.7 Å². The molecule has 2 N–H and O–H groups in total. The van der Waals surface area contributed by atoms with Crippen molar-refractivity contribution in [3.8, 4) is 28.2 Å². The van der Waals surface area contributed by atoms with Crippen LogP contribution in [0.3, 0.4) is 0 Å². The summed E-state index contributed by atoms with van der Waals surface area (Å²) in [6.07, 6.45) is 5.50. The molecule has 1 fully saturated rings. The molecule has 7 rings (SSSR count). The van der Waals surface area contributed by atoms with Gasteiger partial charge in [-0.05, 0) is 52.1 Å². The number of fused-ring (bicyclic) bond motifs is 1. The number of H-pyrrole nitrogens is 2. The van der Waals surface area contributed by atoms with Crippen molar-refractivity contribution >= 4 is 11.2 Å². The molecule has 1 saturated carbocycles. The first kappa shape index (κ1) is 24.9. The predicted octanol–water partition coefficient (Wildman–Crippen LogP) is 4.82. The van der Waals surface area contributed by atoms with E-state index in [9.17, 15) is 9.59 Å². The Bertz CT molecular complexity index is 1930. The lowest BCUT2D eigenvalue weighted by Crippen LogP contribution is -2.30. The Morgan fingerprint density at radius 2 is 1.56 bits per heavy atom.